The van der Waals surface area contributed by atoms with E-state index in [1.165, 1.54) is 0 Å². The van der Waals surface area contributed by atoms with Gasteiger partial charge in [0, 0.05) is 0 Å². The van der Waals surface area contributed by atoms with Crippen LogP contribution in [0.5, 0.6) is 0 Å². The molecule has 0 N–H and O–H groups in total. The van der Waals surface area contributed by atoms with Gasteiger partial charge < -0.3 is 12.4 Å². The molecule has 1 aromatic carbocycles. The number of hydrogen-bond acceptors (Lipinski definition) is 0. The van der Waals surface area contributed by atoms with Crippen LogP contribution in [-0.2, 0) is 23.3 Å². The summed E-state index contributed by atoms with van der Waals surface area (Å²) < 4.78 is 12.9. The second-order valence-electron chi connectivity index (χ2n) is 1.96. The molecule has 0 heterocycles. The Balaban J connectivity index is 0.000001000. The van der Waals surface area contributed by atoms with Gasteiger partial charge in [0.05, 0.1) is 0 Å². The molecule has 0 bridgehead atoms. The van der Waals surface area contributed by atoms with Crippen LogP contribution in [0.4, 0.5) is 4.39 Å². The molecule has 11 heavy (non-hydrogen) atoms. The molecule has 0 saturated heterocycles. The van der Waals surface area contributed by atoms with E-state index in [4.69, 9.17) is 11.6 Å². The van der Waals surface area contributed by atoms with Gasteiger partial charge >= 0.3 is 73.9 Å². The zero-order valence-corrected chi connectivity index (χ0v) is 10.3. The minimum absolute atomic E-state index is 0. The standard InChI is InChI=1S/C7H5ClF.ClH.Zn/c1-5-3-2-4-6(8)7(5)9;;/h2-4H,1H2;1H;/q;;+1/p-1. The minimum atomic E-state index is -0.254. The van der Waals surface area contributed by atoms with Crippen LogP contribution in [0.25, 0.3) is 0 Å². The zero-order chi connectivity index (χ0) is 7.56. The third-order valence-electron chi connectivity index (χ3n) is 1.30. The molecule has 0 aliphatic heterocycles. The Bertz CT molecular complexity index is 240. The van der Waals surface area contributed by atoms with Crippen molar-refractivity contribution < 1.29 is 35.1 Å². The summed E-state index contributed by atoms with van der Waals surface area (Å²) in [6.45, 7) is 0. The summed E-state index contributed by atoms with van der Waals surface area (Å²) in [6.07, 6.45) is 0. The van der Waals surface area contributed by atoms with Crippen molar-refractivity contribution in [3.63, 3.8) is 0 Å². The summed E-state index contributed by atoms with van der Waals surface area (Å²) in [5.41, 5.74) is 0.729. The van der Waals surface area contributed by atoms with Gasteiger partial charge in [-0.3, -0.25) is 0 Å². The quantitative estimate of drug-likeness (QED) is 0.586. The summed E-state index contributed by atoms with van der Waals surface area (Å²) >= 11 is 6.60. The first-order valence-corrected chi connectivity index (χ1v) is 5.45. The van der Waals surface area contributed by atoms with E-state index < -0.39 is 0 Å². The predicted molar refractivity (Wildman–Crippen MR) is 35.1 cm³/mol. The molecule has 1 aromatic rings. The van der Waals surface area contributed by atoms with Gasteiger partial charge in [0.2, 0.25) is 0 Å². The van der Waals surface area contributed by atoms with E-state index in [1.54, 1.807) is 18.2 Å². The van der Waals surface area contributed by atoms with Gasteiger partial charge in [0.15, 0.2) is 0 Å². The molecule has 0 amide bonds. The maximum atomic E-state index is 12.9. The van der Waals surface area contributed by atoms with Crippen LogP contribution in [0, 0.1) is 5.82 Å². The Labute approximate surface area is 86.2 Å². The topological polar surface area (TPSA) is 0 Å². The van der Waals surface area contributed by atoms with E-state index in [2.05, 4.69) is 0 Å². The van der Waals surface area contributed by atoms with Crippen molar-refractivity contribution >= 4 is 11.6 Å². The van der Waals surface area contributed by atoms with Crippen LogP contribution in [0.1, 0.15) is 5.56 Å². The van der Waals surface area contributed by atoms with Crippen molar-refractivity contribution in [3.05, 3.63) is 34.6 Å². The molecule has 0 unspecified atom stereocenters. The first-order valence-electron chi connectivity index (χ1n) is 2.98. The summed E-state index contributed by atoms with van der Waals surface area (Å²) in [4.78, 5) is 0. The van der Waals surface area contributed by atoms with Crippen molar-refractivity contribution in [2.24, 2.45) is 0 Å². The zero-order valence-electron chi connectivity index (χ0n) is 5.78. The van der Waals surface area contributed by atoms with Gasteiger partial charge in [0.1, 0.15) is 0 Å². The molecule has 0 aliphatic carbocycles. The van der Waals surface area contributed by atoms with E-state index in [-0.39, 0.29) is 23.2 Å². The normalized spacial score (nSPS) is 9.09. The second kappa shape index (κ2) is 5.08. The molecule has 0 radical (unpaired) electrons. The van der Waals surface area contributed by atoms with Crippen molar-refractivity contribution in [3.8, 4) is 0 Å². The number of halogens is 3. The van der Waals surface area contributed by atoms with Crippen molar-refractivity contribution in [1.29, 1.82) is 0 Å². The van der Waals surface area contributed by atoms with E-state index in [9.17, 15) is 4.39 Å². The molecule has 56 valence electrons. The van der Waals surface area contributed by atoms with E-state index in [0.717, 1.165) is 28.9 Å². The molecule has 0 spiro atoms. The Hall–Kier alpha value is 0.353. The molecule has 1 rings (SSSR count). The molecular weight excluding hydrogens is 239 g/mol. The molecule has 0 aliphatic rings. The number of hydrogen-bond donors (Lipinski definition) is 0. The van der Waals surface area contributed by atoms with Gasteiger partial charge in [-0.05, 0) is 0 Å². The van der Waals surface area contributed by atoms with Crippen LogP contribution in [-0.4, -0.2) is 0 Å². The maximum Gasteiger partial charge on any atom is -1.00 e. The number of benzene rings is 1. The SMILES string of the molecule is Fc1c(Cl)cccc1[CH2][Zn+].[Cl-]. The predicted octanol–water partition coefficient (Wildman–Crippen LogP) is -0.470. The maximum absolute atomic E-state index is 12.9. The molecular formula is C7H5Cl2FZn. The molecule has 4 heteroatoms. The molecule has 0 saturated carbocycles. The minimum Gasteiger partial charge on any atom is -1.00 e. The van der Waals surface area contributed by atoms with Gasteiger partial charge in [-0.1, -0.05) is 0 Å². The van der Waals surface area contributed by atoms with Crippen LogP contribution in [0.3, 0.4) is 0 Å². The molecule has 0 nitrogen and oxygen atoms in total. The van der Waals surface area contributed by atoms with E-state index in [0.29, 0.717) is 0 Å². The average Bonchev–Trinajstić information content (AvgIpc) is 1.95. The fourth-order valence-corrected chi connectivity index (χ4v) is 1.75. The summed E-state index contributed by atoms with van der Waals surface area (Å²) in [5, 5.41) is 1.04. The van der Waals surface area contributed by atoms with Crippen LogP contribution in [0.2, 0.25) is 5.02 Å². The van der Waals surface area contributed by atoms with E-state index >= 15 is 0 Å². The molecule has 0 atom stereocenters. The molecule has 0 aromatic heterocycles. The van der Waals surface area contributed by atoms with Gasteiger partial charge in [-0.25, -0.2) is 0 Å². The summed E-state index contributed by atoms with van der Waals surface area (Å²) in [7, 11) is 0. The Morgan fingerprint density at radius 2 is 2.09 bits per heavy atom. The smallest absolute Gasteiger partial charge is 1.00 e. The summed E-state index contributed by atoms with van der Waals surface area (Å²) in [5.74, 6) is -0.254. The van der Waals surface area contributed by atoms with Crippen LogP contribution >= 0.6 is 11.6 Å². The number of rotatable bonds is 1. The first-order chi connectivity index (χ1) is 4.75. The van der Waals surface area contributed by atoms with Crippen molar-refractivity contribution in [2.75, 3.05) is 0 Å². The van der Waals surface area contributed by atoms with Gasteiger partial charge in [-0.2, -0.15) is 0 Å². The van der Waals surface area contributed by atoms with Gasteiger partial charge in [-0.15, -0.1) is 0 Å². The van der Waals surface area contributed by atoms with Crippen LogP contribution < -0.4 is 12.4 Å². The Kier molecular flexibility index (Phi) is 5.24. The first kappa shape index (κ1) is 11.4. The largest absolute Gasteiger partial charge is 1.00 e. The third kappa shape index (κ3) is 2.70. The monoisotopic (exact) mass is 242 g/mol. The third-order valence-corrected chi connectivity index (χ3v) is 2.72. The van der Waals surface area contributed by atoms with Crippen LogP contribution in [0.15, 0.2) is 18.2 Å². The fraction of sp³-hybridized carbons (Fsp3) is 0.143. The molecule has 0 fully saturated rings. The van der Waals surface area contributed by atoms with Gasteiger partial charge in [0.25, 0.3) is 0 Å². The fourth-order valence-electron chi connectivity index (χ4n) is 0.742. The average molecular weight is 244 g/mol. The second-order valence-corrected chi connectivity index (χ2v) is 3.42. The van der Waals surface area contributed by atoms with E-state index in [1.807, 2.05) is 0 Å². The Morgan fingerprint density at radius 1 is 1.45 bits per heavy atom. The van der Waals surface area contributed by atoms with Crippen molar-refractivity contribution in [1.82, 2.24) is 0 Å². The van der Waals surface area contributed by atoms with Crippen molar-refractivity contribution in [2.45, 2.75) is 5.02 Å². The Morgan fingerprint density at radius 3 is 2.55 bits per heavy atom. The summed E-state index contributed by atoms with van der Waals surface area (Å²) in [6, 6.07) is 5.11.